The average molecular weight is 216 g/mol. The van der Waals surface area contributed by atoms with Gasteiger partial charge >= 0.3 is 0 Å². The third-order valence-electron chi connectivity index (χ3n) is 1.70. The summed E-state index contributed by atoms with van der Waals surface area (Å²) in [5.74, 6) is 0. The van der Waals surface area contributed by atoms with Crippen molar-refractivity contribution in [3.8, 4) is 0 Å². The summed E-state index contributed by atoms with van der Waals surface area (Å²) in [7, 11) is 2.08. The molecule has 1 rings (SSSR count). The van der Waals surface area contributed by atoms with Crippen LogP contribution in [-0.4, -0.2) is 10.0 Å². The maximum absolute atomic E-state index is 10.5. The lowest BCUT2D eigenvalue weighted by Crippen LogP contribution is -1.94. The molecule has 0 saturated heterocycles. The van der Waals surface area contributed by atoms with Gasteiger partial charge < -0.3 is 9.63 Å². The second-order valence-electron chi connectivity index (χ2n) is 2.75. The summed E-state index contributed by atoms with van der Waals surface area (Å²) in [6, 6.07) is 4.58. The van der Waals surface area contributed by atoms with Crippen LogP contribution in [0.3, 0.4) is 0 Å². The Bertz CT molecular complexity index is 342. The van der Waals surface area contributed by atoms with Crippen LogP contribution >= 0.6 is 9.47 Å². The van der Waals surface area contributed by atoms with E-state index >= 15 is 0 Å². The molecule has 2 N–H and O–H groups in total. The van der Waals surface area contributed by atoms with Crippen LogP contribution in [0.2, 0.25) is 0 Å². The van der Waals surface area contributed by atoms with Crippen LogP contribution in [-0.2, 0) is 17.7 Å². The number of hydrogen-bond donors (Lipinski definition) is 0. The second kappa shape index (κ2) is 5.00. The van der Waals surface area contributed by atoms with E-state index < -0.39 is 4.92 Å². The van der Waals surface area contributed by atoms with Crippen molar-refractivity contribution in [2.75, 3.05) is 0 Å². The fraction of sp³-hybridized carbons (Fsp3) is 0.250. The van der Waals surface area contributed by atoms with Gasteiger partial charge in [0.1, 0.15) is 0 Å². The van der Waals surface area contributed by atoms with Crippen LogP contribution in [0.4, 0.5) is 5.69 Å². The zero-order chi connectivity index (χ0) is 10.6. The molecule has 76 valence electrons. The molecule has 6 heteroatoms. The lowest BCUT2D eigenvalue weighted by Gasteiger charge is -2.01. The summed E-state index contributed by atoms with van der Waals surface area (Å²) in [5.41, 5.74) is 1.33. The quantitative estimate of drug-likeness (QED) is 0.327. The molecule has 14 heavy (non-hydrogen) atoms. The second-order valence-corrected chi connectivity index (χ2v) is 3.09. The van der Waals surface area contributed by atoms with Crippen LogP contribution in [0.5, 0.6) is 0 Å². The van der Waals surface area contributed by atoms with Crippen molar-refractivity contribution in [3.05, 3.63) is 39.4 Å². The van der Waals surface area contributed by atoms with Gasteiger partial charge in [0.25, 0.3) is 5.69 Å². The monoisotopic (exact) mass is 216 g/mol. The minimum atomic E-state index is -0.467. The van der Waals surface area contributed by atoms with Crippen molar-refractivity contribution in [3.63, 3.8) is 0 Å². The Morgan fingerprint density at radius 2 is 2.07 bits per heavy atom. The molecule has 0 aromatic heterocycles. The zero-order valence-electron chi connectivity index (χ0n) is 7.40. The third kappa shape index (κ3) is 2.73. The third-order valence-corrected chi connectivity index (χ3v) is 1.87. The van der Waals surface area contributed by atoms with Gasteiger partial charge in [-0.1, -0.05) is 0 Å². The average Bonchev–Trinajstić information content (AvgIpc) is 2.17. The van der Waals surface area contributed by atoms with E-state index in [9.17, 15) is 10.1 Å². The van der Waals surface area contributed by atoms with Crippen LogP contribution in [0.25, 0.3) is 0 Å². The Balaban J connectivity index is 3.06. The predicted octanol–water partition coefficient (Wildman–Crippen LogP) is 1.13. The summed E-state index contributed by atoms with van der Waals surface area (Å²) < 4.78 is 4.79. The fourth-order valence-electron chi connectivity index (χ4n) is 1.13. The van der Waals surface area contributed by atoms with E-state index in [2.05, 4.69) is 9.47 Å². The Morgan fingerprint density at radius 3 is 2.57 bits per heavy atom. The van der Waals surface area contributed by atoms with Crippen molar-refractivity contribution in [2.24, 2.45) is 0 Å². The highest BCUT2D eigenvalue weighted by atomic mass is 31.0. The Labute approximate surface area is 83.1 Å². The van der Waals surface area contributed by atoms with E-state index in [1.54, 1.807) is 6.07 Å². The number of nitro groups is 1. The highest BCUT2D eigenvalue weighted by Crippen LogP contribution is 2.18. The van der Waals surface area contributed by atoms with E-state index in [1.165, 1.54) is 12.1 Å². The molecule has 1 atom stereocenters. The Kier molecular flexibility index (Phi) is 3.95. The van der Waals surface area contributed by atoms with Gasteiger partial charge in [-0.25, -0.2) is 0 Å². The maximum Gasteiger partial charge on any atom is 0.270 e. The van der Waals surface area contributed by atoms with Gasteiger partial charge in [-0.3, -0.25) is 10.1 Å². The van der Waals surface area contributed by atoms with Crippen molar-refractivity contribution in [1.29, 1.82) is 0 Å². The molecule has 1 unspecified atom stereocenters. The number of rotatable bonds is 4. The van der Waals surface area contributed by atoms with E-state index in [4.69, 9.17) is 9.63 Å². The van der Waals surface area contributed by atoms with E-state index in [-0.39, 0.29) is 12.3 Å². The molecule has 0 radical (unpaired) electrons. The minimum Gasteiger partial charge on any atom is -0.442 e. The molecule has 1 aromatic rings. The lowest BCUT2D eigenvalue weighted by molar-refractivity contribution is -0.385. The van der Waals surface area contributed by atoms with E-state index in [0.717, 1.165) is 0 Å². The molecular formula is C8H11NO4P+. The van der Waals surface area contributed by atoms with Crippen LogP contribution in [0.15, 0.2) is 18.2 Å². The van der Waals surface area contributed by atoms with Gasteiger partial charge in [-0.15, -0.1) is 0 Å². The fourth-order valence-corrected chi connectivity index (χ4v) is 1.32. The van der Waals surface area contributed by atoms with Gasteiger partial charge in [0, 0.05) is 27.2 Å². The normalized spacial score (nSPS) is 10.1. The molecule has 0 amide bonds. The number of nitrogens with zero attached hydrogens (tertiary/aromatic N) is 1. The van der Waals surface area contributed by atoms with Crippen molar-refractivity contribution < 1.29 is 14.6 Å². The van der Waals surface area contributed by atoms with E-state index in [0.29, 0.717) is 17.7 Å². The highest BCUT2D eigenvalue weighted by Gasteiger charge is 2.09. The molecular weight excluding hydrogens is 205 g/mol. The first-order chi connectivity index (χ1) is 6.67. The minimum absolute atomic E-state index is 0.00630. The van der Waals surface area contributed by atoms with Gasteiger partial charge in [0.15, 0.2) is 6.61 Å². The SMILES string of the molecule is O=[N+]([O-])c1cc(C[OH2+])cc(COP)c1. The number of benzene rings is 1. The van der Waals surface area contributed by atoms with Gasteiger partial charge in [-0.2, -0.15) is 0 Å². The molecule has 0 aliphatic heterocycles. The molecule has 0 fully saturated rings. The van der Waals surface area contributed by atoms with Crippen LogP contribution in [0.1, 0.15) is 11.1 Å². The zero-order valence-corrected chi connectivity index (χ0v) is 8.55. The summed E-state index contributed by atoms with van der Waals surface area (Å²) >= 11 is 0. The Morgan fingerprint density at radius 1 is 1.43 bits per heavy atom. The van der Waals surface area contributed by atoms with Crippen molar-refractivity contribution >= 4 is 15.2 Å². The van der Waals surface area contributed by atoms with Crippen molar-refractivity contribution in [1.82, 2.24) is 0 Å². The highest BCUT2D eigenvalue weighted by molar-refractivity contribution is 7.09. The van der Waals surface area contributed by atoms with Crippen LogP contribution in [0, 0.1) is 10.1 Å². The topological polar surface area (TPSA) is 75.3 Å². The molecule has 0 heterocycles. The molecule has 0 aliphatic rings. The number of hydrogen-bond acceptors (Lipinski definition) is 3. The predicted molar refractivity (Wildman–Crippen MR) is 54.9 cm³/mol. The lowest BCUT2D eigenvalue weighted by atomic mass is 10.1. The summed E-state index contributed by atoms with van der Waals surface area (Å²) in [5, 5.41) is 17.7. The maximum atomic E-state index is 10.5. The standard InChI is InChI=1S/C8H10NO4P/c10-4-6-1-7(5-13-14)3-8(2-6)9(11)12/h1-3,10H,4-5,14H2/p+1. The first kappa shape index (κ1) is 11.0. The summed E-state index contributed by atoms with van der Waals surface area (Å²) in [4.78, 5) is 10.1. The first-order valence-corrected chi connectivity index (χ1v) is 4.38. The van der Waals surface area contributed by atoms with Crippen molar-refractivity contribution in [2.45, 2.75) is 13.2 Å². The molecule has 0 bridgehead atoms. The van der Waals surface area contributed by atoms with Crippen LogP contribution < -0.4 is 0 Å². The Hall–Kier alpha value is -1.03. The van der Waals surface area contributed by atoms with E-state index in [1.807, 2.05) is 0 Å². The summed E-state index contributed by atoms with van der Waals surface area (Å²) in [6.45, 7) is 0.324. The largest absolute Gasteiger partial charge is 0.442 e. The van der Waals surface area contributed by atoms with Gasteiger partial charge in [0.05, 0.1) is 11.5 Å². The summed E-state index contributed by atoms with van der Waals surface area (Å²) in [6.07, 6.45) is 0. The molecule has 1 aromatic carbocycles. The number of nitro benzene ring substituents is 1. The number of non-ortho nitro benzene ring substituents is 1. The molecule has 0 aliphatic carbocycles. The first-order valence-electron chi connectivity index (χ1n) is 3.91. The van der Waals surface area contributed by atoms with Gasteiger partial charge in [0.2, 0.25) is 0 Å². The molecule has 0 saturated carbocycles. The van der Waals surface area contributed by atoms with Gasteiger partial charge in [-0.05, 0) is 11.6 Å². The smallest absolute Gasteiger partial charge is 0.270 e. The molecule has 5 nitrogen and oxygen atoms in total. The molecule has 0 spiro atoms.